The lowest BCUT2D eigenvalue weighted by Gasteiger charge is -2.18. The van der Waals surface area contributed by atoms with Crippen LogP contribution in [-0.2, 0) is 9.53 Å². The molecule has 0 unspecified atom stereocenters. The van der Waals surface area contributed by atoms with Crippen LogP contribution < -0.4 is 4.74 Å². The minimum atomic E-state index is -4.37. The predicted molar refractivity (Wildman–Crippen MR) is 142 cm³/mol. The summed E-state index contributed by atoms with van der Waals surface area (Å²) in [7, 11) is 0. The smallest absolute Gasteiger partial charge is 0.416 e. The number of nitrogens with zero attached hydrogens (tertiary/aromatic N) is 1. The summed E-state index contributed by atoms with van der Waals surface area (Å²) in [6.07, 6.45) is 0.558. The Hall–Kier alpha value is -2.52. The molecule has 36 heavy (non-hydrogen) atoms. The lowest BCUT2D eigenvalue weighted by Crippen LogP contribution is -2.27. The van der Waals surface area contributed by atoms with Crippen molar-refractivity contribution in [3.8, 4) is 5.75 Å². The predicted octanol–water partition coefficient (Wildman–Crippen LogP) is 6.74. The largest absolute Gasteiger partial charge is 0.492 e. The van der Waals surface area contributed by atoms with Crippen LogP contribution in [0.2, 0.25) is 0 Å². The molecule has 0 bridgehead atoms. The van der Waals surface area contributed by atoms with E-state index in [1.54, 1.807) is 13.0 Å². The van der Waals surface area contributed by atoms with Gasteiger partial charge in [0.15, 0.2) is 6.29 Å². The highest BCUT2D eigenvalue weighted by Gasteiger charge is 2.32. The maximum atomic E-state index is 12.6. The highest BCUT2D eigenvalue weighted by Crippen LogP contribution is 2.30. The van der Waals surface area contributed by atoms with Crippen LogP contribution in [0.5, 0.6) is 5.75 Å². The van der Waals surface area contributed by atoms with Crippen LogP contribution in [0.25, 0.3) is 0 Å². The van der Waals surface area contributed by atoms with Crippen LogP contribution in [0.4, 0.5) is 13.2 Å². The Morgan fingerprint density at radius 1 is 1.11 bits per heavy atom. The molecule has 1 aromatic rings. The van der Waals surface area contributed by atoms with Crippen LogP contribution in [-0.4, -0.2) is 55.3 Å². The number of hydrogen-bond acceptors (Lipinski definition) is 5. The van der Waals surface area contributed by atoms with Gasteiger partial charge < -0.3 is 14.4 Å². The van der Waals surface area contributed by atoms with Crippen molar-refractivity contribution in [2.24, 2.45) is 0 Å². The van der Waals surface area contributed by atoms with Gasteiger partial charge in [0.05, 0.1) is 11.3 Å². The minimum absolute atomic E-state index is 0. The number of likely N-dealkylation sites (N-methyl/N-ethyl adjacent to an activating group) is 1. The van der Waals surface area contributed by atoms with Crippen LogP contribution in [0.1, 0.15) is 57.0 Å². The number of allylic oxidation sites excluding steroid dienone is 6. The molecular weight excluding hydrogens is 491 g/mol. The molecule has 0 atom stereocenters. The molecule has 0 N–H and O–H groups in total. The van der Waals surface area contributed by atoms with E-state index < -0.39 is 11.7 Å². The number of halogens is 3. The Labute approximate surface area is 218 Å². The summed E-state index contributed by atoms with van der Waals surface area (Å²) in [6.45, 7) is 11.2. The van der Waals surface area contributed by atoms with Gasteiger partial charge in [-0.2, -0.15) is 13.2 Å². The summed E-state index contributed by atoms with van der Waals surface area (Å²) in [5.74, 6) is 1.12. The monoisotopic (exact) mass is 529 g/mol. The fraction of sp³-hybridized carbons (Fsp3) is 0.481. The zero-order valence-corrected chi connectivity index (χ0v) is 21.5. The number of hydrogen-bond donors (Lipinski definition) is 1. The van der Waals surface area contributed by atoms with Gasteiger partial charge in [0, 0.05) is 18.5 Å². The van der Waals surface area contributed by atoms with Crippen LogP contribution >= 0.6 is 12.6 Å². The Bertz CT molecular complexity index is 935. The number of rotatable bonds is 10. The van der Waals surface area contributed by atoms with E-state index in [0.717, 1.165) is 43.1 Å². The molecule has 1 aliphatic rings. The van der Waals surface area contributed by atoms with Gasteiger partial charge in [-0.05, 0) is 63.2 Å². The molecule has 5 nitrogen and oxygen atoms in total. The number of alkyl halides is 3. The van der Waals surface area contributed by atoms with E-state index in [9.17, 15) is 22.8 Å². The Morgan fingerprint density at radius 2 is 1.78 bits per heavy atom. The lowest BCUT2D eigenvalue weighted by atomic mass is 10.0. The van der Waals surface area contributed by atoms with E-state index in [1.807, 2.05) is 19.1 Å². The van der Waals surface area contributed by atoms with Gasteiger partial charge >= 0.3 is 6.18 Å². The number of ether oxygens (including phenoxy) is 2. The Balaban J connectivity index is 0.000000663. The molecule has 0 saturated carbocycles. The molecule has 0 saturated heterocycles. The van der Waals surface area contributed by atoms with Crippen molar-refractivity contribution in [3.63, 3.8) is 0 Å². The quantitative estimate of drug-likeness (QED) is 0.269. The molecule has 9 heteroatoms. The summed E-state index contributed by atoms with van der Waals surface area (Å²) in [5.41, 5.74) is 1.46. The maximum Gasteiger partial charge on any atom is 0.416 e. The Kier molecular flexibility index (Phi) is 15.8. The number of aldehydes is 1. The van der Waals surface area contributed by atoms with Crippen molar-refractivity contribution in [2.45, 2.75) is 54.1 Å². The van der Waals surface area contributed by atoms with E-state index in [0.29, 0.717) is 42.6 Å². The molecule has 0 amide bonds. The first-order valence-corrected chi connectivity index (χ1v) is 11.9. The van der Waals surface area contributed by atoms with Gasteiger partial charge in [-0.1, -0.05) is 39.0 Å². The number of aryl methyl sites for hydroxylation is 1. The first-order valence-electron chi connectivity index (χ1n) is 11.4. The van der Waals surface area contributed by atoms with E-state index in [1.165, 1.54) is 6.08 Å². The molecule has 0 aliphatic heterocycles. The fourth-order valence-electron chi connectivity index (χ4n) is 3.16. The second kappa shape index (κ2) is 17.0. The average Bonchev–Trinajstić information content (AvgIpc) is 2.79. The topological polar surface area (TPSA) is 55.8 Å². The second-order valence-electron chi connectivity index (χ2n) is 7.88. The minimum Gasteiger partial charge on any atom is -0.492 e. The molecular formula is C27H38F3NO4S. The zero-order chi connectivity index (χ0) is 26.4. The zero-order valence-electron chi connectivity index (χ0n) is 20.7. The normalized spacial score (nSPS) is 17.9. The summed E-state index contributed by atoms with van der Waals surface area (Å²) in [4.78, 5) is 23.7. The molecule has 1 aliphatic carbocycles. The number of carbonyl (C=O) groups is 2. The summed E-state index contributed by atoms with van der Waals surface area (Å²) >= 11 is 3.86. The second-order valence-corrected chi connectivity index (χ2v) is 8.28. The highest BCUT2D eigenvalue weighted by molar-refractivity contribution is 7.97. The molecule has 202 valence electrons. The van der Waals surface area contributed by atoms with Crippen LogP contribution in [0, 0.1) is 6.92 Å². The molecule has 0 spiro atoms. The SMILES string of the molecule is C.C/C1=C/C(C(F)(F)F)=C\C=C(\OCC=O)CC1.CCN(CC)CCOc1ccc(C)c(C(=O)S)c1. The summed E-state index contributed by atoms with van der Waals surface area (Å²) in [5, 5.41) is -0.221. The van der Waals surface area contributed by atoms with E-state index in [2.05, 4.69) is 31.4 Å². The van der Waals surface area contributed by atoms with E-state index >= 15 is 0 Å². The van der Waals surface area contributed by atoms with Crippen molar-refractivity contribution in [3.05, 3.63) is 64.5 Å². The van der Waals surface area contributed by atoms with Crippen molar-refractivity contribution < 1.29 is 32.2 Å². The molecule has 0 aromatic heterocycles. The highest BCUT2D eigenvalue weighted by atomic mass is 32.1. The van der Waals surface area contributed by atoms with Crippen molar-refractivity contribution in [1.82, 2.24) is 4.90 Å². The van der Waals surface area contributed by atoms with Crippen molar-refractivity contribution >= 4 is 24.0 Å². The first-order chi connectivity index (χ1) is 16.5. The van der Waals surface area contributed by atoms with Gasteiger partial charge in [-0.3, -0.25) is 9.59 Å². The number of thiol groups is 1. The van der Waals surface area contributed by atoms with Gasteiger partial charge in [0.25, 0.3) is 0 Å². The van der Waals surface area contributed by atoms with Crippen LogP contribution in [0.3, 0.4) is 0 Å². The van der Waals surface area contributed by atoms with E-state index in [4.69, 9.17) is 9.47 Å². The molecule has 0 fully saturated rings. The third kappa shape index (κ3) is 12.4. The summed E-state index contributed by atoms with van der Waals surface area (Å²) < 4.78 is 48.4. The third-order valence-corrected chi connectivity index (χ3v) is 5.53. The van der Waals surface area contributed by atoms with Crippen LogP contribution in [0.15, 0.2) is 53.3 Å². The number of benzene rings is 1. The Morgan fingerprint density at radius 3 is 2.33 bits per heavy atom. The van der Waals surface area contributed by atoms with Crippen molar-refractivity contribution in [2.75, 3.05) is 32.8 Å². The maximum absolute atomic E-state index is 12.6. The van der Waals surface area contributed by atoms with Gasteiger partial charge in [-0.25, -0.2) is 0 Å². The van der Waals surface area contributed by atoms with Gasteiger partial charge in [-0.15, -0.1) is 12.6 Å². The summed E-state index contributed by atoms with van der Waals surface area (Å²) in [6, 6.07) is 5.53. The fourth-order valence-corrected chi connectivity index (χ4v) is 3.40. The molecule has 0 heterocycles. The van der Waals surface area contributed by atoms with Crippen molar-refractivity contribution in [1.29, 1.82) is 0 Å². The number of carbonyl (C=O) groups excluding carboxylic acids is 2. The van der Waals surface area contributed by atoms with E-state index in [-0.39, 0.29) is 19.1 Å². The molecule has 2 rings (SSSR count). The molecule has 1 aromatic carbocycles. The molecule has 0 radical (unpaired) electrons. The van der Waals surface area contributed by atoms with Gasteiger partial charge in [0.2, 0.25) is 5.12 Å². The lowest BCUT2D eigenvalue weighted by molar-refractivity contribution is -0.110. The first kappa shape index (κ1) is 33.5. The van der Waals surface area contributed by atoms with Gasteiger partial charge in [0.1, 0.15) is 19.0 Å². The average molecular weight is 530 g/mol. The third-order valence-electron chi connectivity index (χ3n) is 5.29. The standard InChI is InChI=1S/C14H21NO2S.C12H13F3O2.CH4/c1-4-15(5-2)8-9-17-12-7-6-11(3)13(10-12)14(16)18;1-9-2-4-11(17-7-6-16)5-3-10(8-9)12(13,14)15;/h6-7,10H,4-5,8-9H2,1-3H3,(H,16,18);3,5-6,8H,2,4,7H2,1H3;1H4/b;9-8-,10-3+,11-5+;.